The molecule has 0 aliphatic carbocycles. The summed E-state index contributed by atoms with van der Waals surface area (Å²) in [4.78, 5) is 17.1. The zero-order valence-corrected chi connectivity index (χ0v) is 11.3. The van der Waals surface area contributed by atoms with Crippen LogP contribution in [-0.4, -0.2) is 32.7 Å². The summed E-state index contributed by atoms with van der Waals surface area (Å²) in [5.41, 5.74) is 0. The van der Waals surface area contributed by atoms with E-state index in [1.165, 1.54) is 51.4 Å². The van der Waals surface area contributed by atoms with Crippen molar-refractivity contribution in [1.29, 1.82) is 0 Å². The minimum atomic E-state index is -1.83. The molecule has 0 saturated carbocycles. The topological polar surface area (TPSA) is 115 Å². The molecule has 110 valence electrons. The molecule has 0 aliphatic heterocycles. The highest BCUT2D eigenvalue weighted by molar-refractivity contribution is 5.53. The van der Waals surface area contributed by atoms with E-state index in [1.807, 2.05) is 0 Å². The predicted molar refractivity (Wildman–Crippen MR) is 69.6 cm³/mol. The molecule has 4 N–H and O–H groups in total. The molecule has 0 heterocycles. The van der Waals surface area contributed by atoms with Crippen LogP contribution in [0, 0.1) is 0 Å². The summed E-state index contributed by atoms with van der Waals surface area (Å²) in [6.45, 7) is 4.54. The van der Waals surface area contributed by atoms with E-state index in [-0.39, 0.29) is 0 Å². The van der Waals surface area contributed by atoms with Crippen molar-refractivity contribution < 1.29 is 30.0 Å². The lowest BCUT2D eigenvalue weighted by molar-refractivity contribution is 0.135. The molecule has 0 saturated heterocycles. The van der Waals surface area contributed by atoms with Crippen LogP contribution in [0.4, 0.5) is 9.59 Å². The molecule has 0 fully saturated rings. The fourth-order valence-corrected chi connectivity index (χ4v) is 1.21. The Morgan fingerprint density at radius 2 is 0.778 bits per heavy atom. The maximum atomic E-state index is 8.56. The molecule has 0 aromatic carbocycles. The van der Waals surface area contributed by atoms with Gasteiger partial charge in [0.05, 0.1) is 0 Å². The Morgan fingerprint density at radius 3 is 0.944 bits per heavy atom. The number of hydrogen-bond donors (Lipinski definition) is 4. The highest BCUT2D eigenvalue weighted by atomic mass is 16.6. The van der Waals surface area contributed by atoms with Crippen molar-refractivity contribution in [2.45, 2.75) is 65.2 Å². The zero-order chi connectivity index (χ0) is 14.8. The zero-order valence-electron chi connectivity index (χ0n) is 11.3. The van der Waals surface area contributed by atoms with E-state index >= 15 is 0 Å². The number of rotatable bonds is 7. The molecular weight excluding hydrogens is 240 g/mol. The Hall–Kier alpha value is -1.46. The second-order valence-electron chi connectivity index (χ2n) is 3.69. The number of hydrogen-bond acceptors (Lipinski definition) is 2. The van der Waals surface area contributed by atoms with E-state index in [0.717, 1.165) is 0 Å². The minimum absolute atomic E-state index is 1.37. The first-order valence-electron chi connectivity index (χ1n) is 6.22. The maximum Gasteiger partial charge on any atom is 0.503 e. The van der Waals surface area contributed by atoms with Gasteiger partial charge in [-0.15, -0.1) is 0 Å². The molecule has 0 aromatic heterocycles. The molecule has 0 unspecified atom stereocenters. The molecule has 0 aliphatic rings. The lowest BCUT2D eigenvalue weighted by Gasteiger charge is -1.97. The van der Waals surface area contributed by atoms with Crippen LogP contribution in [-0.2, 0) is 0 Å². The molecule has 0 rings (SSSR count). The summed E-state index contributed by atoms with van der Waals surface area (Å²) in [6.07, 6.45) is 7.79. The van der Waals surface area contributed by atoms with Gasteiger partial charge in [-0.2, -0.15) is 0 Å². The summed E-state index contributed by atoms with van der Waals surface area (Å²) < 4.78 is 0. The molecule has 6 nitrogen and oxygen atoms in total. The average molecular weight is 266 g/mol. The van der Waals surface area contributed by atoms with E-state index in [9.17, 15) is 0 Å². The summed E-state index contributed by atoms with van der Waals surface area (Å²) in [5, 5.41) is 27.9. The third-order valence-corrected chi connectivity index (χ3v) is 1.96. The maximum absolute atomic E-state index is 8.56. The Morgan fingerprint density at radius 1 is 0.611 bits per heavy atom. The van der Waals surface area contributed by atoms with Crippen molar-refractivity contribution in [3.63, 3.8) is 0 Å². The fourth-order valence-electron chi connectivity index (χ4n) is 1.21. The predicted octanol–water partition coefficient (Wildman–Crippen LogP) is 4.59. The van der Waals surface area contributed by atoms with Crippen LogP contribution < -0.4 is 0 Å². The Kier molecular flexibility index (Phi) is 25.3. The summed E-state index contributed by atoms with van der Waals surface area (Å²) in [7, 11) is 0. The monoisotopic (exact) mass is 266 g/mol. The van der Waals surface area contributed by atoms with Gasteiger partial charge in [-0.25, -0.2) is 9.59 Å². The molecule has 0 spiro atoms. The van der Waals surface area contributed by atoms with Crippen molar-refractivity contribution >= 4 is 12.3 Å². The normalized spacial score (nSPS) is 8.33. The van der Waals surface area contributed by atoms with Gasteiger partial charge in [-0.05, 0) is 0 Å². The second kappa shape index (κ2) is 20.9. The summed E-state index contributed by atoms with van der Waals surface area (Å²) in [5.74, 6) is 0. The number of carbonyl (C=O) groups is 2. The van der Waals surface area contributed by atoms with E-state index in [2.05, 4.69) is 13.8 Å². The quantitative estimate of drug-likeness (QED) is 0.501. The van der Waals surface area contributed by atoms with E-state index < -0.39 is 12.3 Å². The number of carboxylic acid groups (broad SMARTS) is 4. The first-order valence-corrected chi connectivity index (χ1v) is 6.22. The SMILES string of the molecule is CCCCCCCCCC.O=C(O)O.O=C(O)O. The van der Waals surface area contributed by atoms with E-state index in [1.54, 1.807) is 0 Å². The molecule has 0 radical (unpaired) electrons. The van der Waals surface area contributed by atoms with Crippen LogP contribution in [0.5, 0.6) is 0 Å². The molecule has 18 heavy (non-hydrogen) atoms. The molecular formula is C12H26O6. The summed E-state index contributed by atoms with van der Waals surface area (Å²) in [6, 6.07) is 0. The van der Waals surface area contributed by atoms with Gasteiger partial charge in [0, 0.05) is 0 Å². The third kappa shape index (κ3) is 86.9. The largest absolute Gasteiger partial charge is 0.503 e. The van der Waals surface area contributed by atoms with Gasteiger partial charge in [0.15, 0.2) is 0 Å². The van der Waals surface area contributed by atoms with Crippen molar-refractivity contribution in [2.75, 3.05) is 0 Å². The van der Waals surface area contributed by atoms with Gasteiger partial charge in [0.1, 0.15) is 0 Å². The lowest BCUT2D eigenvalue weighted by Crippen LogP contribution is -1.81. The fraction of sp³-hybridized carbons (Fsp3) is 0.833. The van der Waals surface area contributed by atoms with Gasteiger partial charge in [0.2, 0.25) is 0 Å². The van der Waals surface area contributed by atoms with Crippen LogP contribution in [0.15, 0.2) is 0 Å². The van der Waals surface area contributed by atoms with E-state index in [4.69, 9.17) is 30.0 Å². The molecule has 0 aromatic rings. The number of unbranched alkanes of at least 4 members (excludes halogenated alkanes) is 7. The third-order valence-electron chi connectivity index (χ3n) is 1.96. The Bertz CT molecular complexity index is 153. The molecule has 6 heteroatoms. The van der Waals surface area contributed by atoms with Crippen molar-refractivity contribution in [2.24, 2.45) is 0 Å². The van der Waals surface area contributed by atoms with Crippen LogP contribution in [0.1, 0.15) is 65.2 Å². The highest BCUT2D eigenvalue weighted by Gasteiger charge is 1.87. The van der Waals surface area contributed by atoms with Crippen LogP contribution in [0.2, 0.25) is 0 Å². The summed E-state index contributed by atoms with van der Waals surface area (Å²) >= 11 is 0. The Labute approximate surface area is 108 Å². The average Bonchev–Trinajstić information content (AvgIpc) is 2.22. The van der Waals surface area contributed by atoms with Gasteiger partial charge in [-0.3, -0.25) is 0 Å². The molecule has 0 amide bonds. The standard InChI is InChI=1S/C10H22.2CH2O3/c1-3-5-7-9-10-8-6-4-2;2*2-1(3)4/h3-10H2,1-2H3;2*(H2,2,3,4). The van der Waals surface area contributed by atoms with Crippen molar-refractivity contribution in [1.82, 2.24) is 0 Å². The van der Waals surface area contributed by atoms with Crippen molar-refractivity contribution in [3.05, 3.63) is 0 Å². The van der Waals surface area contributed by atoms with Gasteiger partial charge in [-0.1, -0.05) is 65.2 Å². The first kappa shape index (κ1) is 21.8. The lowest BCUT2D eigenvalue weighted by atomic mass is 10.1. The smallest absolute Gasteiger partial charge is 0.450 e. The second-order valence-corrected chi connectivity index (χ2v) is 3.69. The van der Waals surface area contributed by atoms with Crippen molar-refractivity contribution in [3.8, 4) is 0 Å². The minimum Gasteiger partial charge on any atom is -0.450 e. The van der Waals surface area contributed by atoms with Crippen LogP contribution in [0.3, 0.4) is 0 Å². The van der Waals surface area contributed by atoms with Crippen LogP contribution in [0.25, 0.3) is 0 Å². The molecule has 0 atom stereocenters. The molecule has 0 bridgehead atoms. The first-order chi connectivity index (χ1) is 8.38. The van der Waals surface area contributed by atoms with Gasteiger partial charge < -0.3 is 20.4 Å². The van der Waals surface area contributed by atoms with Crippen LogP contribution >= 0.6 is 0 Å². The van der Waals surface area contributed by atoms with Gasteiger partial charge >= 0.3 is 12.3 Å². The van der Waals surface area contributed by atoms with Gasteiger partial charge in [0.25, 0.3) is 0 Å². The highest BCUT2D eigenvalue weighted by Crippen LogP contribution is 2.07. The van der Waals surface area contributed by atoms with E-state index in [0.29, 0.717) is 0 Å². The Balaban J connectivity index is -0.000000233.